The molecule has 2 N–H and O–H groups in total. The first kappa shape index (κ1) is 22.4. The topological polar surface area (TPSA) is 74.7 Å². The first-order valence-electron chi connectivity index (χ1n) is 10.5. The van der Waals surface area contributed by atoms with Gasteiger partial charge in [-0.1, -0.05) is 36.4 Å². The van der Waals surface area contributed by atoms with Crippen molar-refractivity contribution in [1.82, 2.24) is 9.88 Å². The van der Waals surface area contributed by atoms with Gasteiger partial charge >= 0.3 is 0 Å². The number of carbonyl (C=O) groups is 1. The van der Waals surface area contributed by atoms with Gasteiger partial charge in [-0.2, -0.15) is 0 Å². The largest absolute Gasteiger partial charge is 0.487 e. The molecule has 8 heteroatoms. The summed E-state index contributed by atoms with van der Waals surface area (Å²) in [5, 5.41) is 14.2. The molecule has 4 rings (SSSR count). The number of hydrogen-bond donors (Lipinski definition) is 2. The first-order valence-corrected chi connectivity index (χ1v) is 11.3. The molecule has 1 amide bonds. The van der Waals surface area contributed by atoms with Crippen LogP contribution in [-0.4, -0.2) is 52.2 Å². The minimum Gasteiger partial charge on any atom is -0.487 e. The quantitative estimate of drug-likeness (QED) is 0.568. The Morgan fingerprint density at radius 1 is 1.28 bits per heavy atom. The zero-order valence-electron chi connectivity index (χ0n) is 17.8. The van der Waals surface area contributed by atoms with Crippen LogP contribution in [0.2, 0.25) is 0 Å². The Hall–Kier alpha value is -2.81. The molecule has 0 aliphatic carbocycles. The van der Waals surface area contributed by atoms with Gasteiger partial charge in [0, 0.05) is 30.6 Å². The summed E-state index contributed by atoms with van der Waals surface area (Å²) >= 11 is 1.33. The number of aromatic nitrogens is 1. The second-order valence-electron chi connectivity index (χ2n) is 8.22. The number of para-hydroxylation sites is 1. The molecule has 0 bridgehead atoms. The SMILES string of the molecule is C[C@]1(O)CN(CC(=O)Nc2ncc(Cc3ccccc3F)s2)CC[C@@H]1Oc1ccccc1. The van der Waals surface area contributed by atoms with Crippen LogP contribution in [-0.2, 0) is 11.2 Å². The molecule has 2 aromatic carbocycles. The maximum Gasteiger partial charge on any atom is 0.240 e. The zero-order valence-corrected chi connectivity index (χ0v) is 18.6. The molecule has 1 aliphatic rings. The Kier molecular flexibility index (Phi) is 6.83. The van der Waals surface area contributed by atoms with Crippen LogP contribution in [0.4, 0.5) is 9.52 Å². The highest BCUT2D eigenvalue weighted by molar-refractivity contribution is 7.15. The normalized spacial score (nSPS) is 21.3. The molecule has 1 aromatic heterocycles. The summed E-state index contributed by atoms with van der Waals surface area (Å²) in [4.78, 5) is 19.5. The van der Waals surface area contributed by atoms with E-state index in [1.54, 1.807) is 31.3 Å². The van der Waals surface area contributed by atoms with Gasteiger partial charge in [-0.15, -0.1) is 11.3 Å². The summed E-state index contributed by atoms with van der Waals surface area (Å²) in [6.07, 6.45) is 2.35. The minimum atomic E-state index is -1.08. The molecule has 1 aliphatic heterocycles. The molecule has 1 saturated heterocycles. The number of carbonyl (C=O) groups excluding carboxylic acids is 1. The molecule has 168 valence electrons. The van der Waals surface area contributed by atoms with E-state index in [0.717, 1.165) is 10.6 Å². The lowest BCUT2D eigenvalue weighted by atomic mass is 9.91. The Morgan fingerprint density at radius 2 is 2.03 bits per heavy atom. The van der Waals surface area contributed by atoms with Gasteiger partial charge in [0.15, 0.2) is 5.13 Å². The van der Waals surface area contributed by atoms with Crippen molar-refractivity contribution < 1.29 is 19.0 Å². The number of nitrogens with zero attached hydrogens (tertiary/aromatic N) is 2. The van der Waals surface area contributed by atoms with Crippen molar-refractivity contribution in [3.05, 3.63) is 77.1 Å². The standard InChI is InChI=1S/C24H26FN3O3S/c1-24(30)16-28(12-11-21(24)31-18-8-3-2-4-9-18)15-22(29)27-23-26-14-19(32-23)13-17-7-5-6-10-20(17)25/h2-10,14,21,30H,11-13,15-16H2,1H3,(H,26,27,29)/t21-,24-/m0/s1. The molecule has 0 unspecified atom stereocenters. The van der Waals surface area contributed by atoms with E-state index in [1.807, 2.05) is 35.2 Å². The highest BCUT2D eigenvalue weighted by Crippen LogP contribution is 2.27. The number of anilines is 1. The number of nitrogens with one attached hydrogen (secondary N) is 1. The third kappa shape index (κ3) is 5.70. The Balaban J connectivity index is 1.28. The molecular formula is C24H26FN3O3S. The summed E-state index contributed by atoms with van der Waals surface area (Å²) in [7, 11) is 0. The molecule has 32 heavy (non-hydrogen) atoms. The van der Waals surface area contributed by atoms with E-state index >= 15 is 0 Å². The molecule has 0 radical (unpaired) electrons. The van der Waals surface area contributed by atoms with Gasteiger partial charge < -0.3 is 15.2 Å². The Morgan fingerprint density at radius 3 is 2.78 bits per heavy atom. The number of β-amino-alcohol motifs (C(OH)–C–C–N with tert-alkyl or cyclic N) is 1. The summed E-state index contributed by atoms with van der Waals surface area (Å²) in [5.41, 5.74) is -0.487. The van der Waals surface area contributed by atoms with Gasteiger partial charge in [0.2, 0.25) is 5.91 Å². The van der Waals surface area contributed by atoms with Gasteiger partial charge in [0.1, 0.15) is 23.3 Å². The maximum atomic E-state index is 13.8. The third-order valence-electron chi connectivity index (χ3n) is 5.46. The number of amides is 1. The molecule has 3 aromatic rings. The maximum absolute atomic E-state index is 13.8. The molecule has 0 saturated carbocycles. The van der Waals surface area contributed by atoms with E-state index in [2.05, 4.69) is 10.3 Å². The van der Waals surface area contributed by atoms with Gasteiger partial charge in [-0.25, -0.2) is 9.37 Å². The Bertz CT molecular complexity index is 1060. The van der Waals surface area contributed by atoms with Crippen molar-refractivity contribution in [1.29, 1.82) is 0 Å². The van der Waals surface area contributed by atoms with Gasteiger partial charge in [0.05, 0.1) is 6.54 Å². The predicted octanol–water partition coefficient (Wildman–Crippen LogP) is 3.72. The van der Waals surface area contributed by atoms with Crippen LogP contribution in [0.25, 0.3) is 0 Å². The predicted molar refractivity (Wildman–Crippen MR) is 122 cm³/mol. The molecule has 2 atom stereocenters. The van der Waals surface area contributed by atoms with Crippen molar-refractivity contribution in [2.24, 2.45) is 0 Å². The Labute approximate surface area is 190 Å². The van der Waals surface area contributed by atoms with Crippen LogP contribution in [0.3, 0.4) is 0 Å². The number of piperidine rings is 1. The van der Waals surface area contributed by atoms with Gasteiger partial charge in [0.25, 0.3) is 0 Å². The lowest BCUT2D eigenvalue weighted by molar-refractivity contribution is -0.123. The second-order valence-corrected chi connectivity index (χ2v) is 9.34. The fourth-order valence-corrected chi connectivity index (χ4v) is 4.72. The number of hydrogen-bond acceptors (Lipinski definition) is 6. The third-order valence-corrected chi connectivity index (χ3v) is 6.37. The zero-order chi connectivity index (χ0) is 22.6. The van der Waals surface area contributed by atoms with E-state index in [9.17, 15) is 14.3 Å². The van der Waals surface area contributed by atoms with Crippen molar-refractivity contribution in [3.63, 3.8) is 0 Å². The van der Waals surface area contributed by atoms with Crippen LogP contribution >= 0.6 is 11.3 Å². The van der Waals surface area contributed by atoms with E-state index in [-0.39, 0.29) is 24.4 Å². The number of thiazole rings is 1. The van der Waals surface area contributed by atoms with Crippen molar-refractivity contribution in [2.45, 2.75) is 31.5 Å². The van der Waals surface area contributed by atoms with Crippen LogP contribution in [0.15, 0.2) is 60.8 Å². The molecule has 0 spiro atoms. The fraction of sp³-hybridized carbons (Fsp3) is 0.333. The smallest absolute Gasteiger partial charge is 0.240 e. The van der Waals surface area contributed by atoms with Crippen LogP contribution in [0.5, 0.6) is 5.75 Å². The summed E-state index contributed by atoms with van der Waals surface area (Å²) in [6, 6.07) is 16.1. The van der Waals surface area contributed by atoms with Gasteiger partial charge in [-0.3, -0.25) is 9.69 Å². The lowest BCUT2D eigenvalue weighted by Crippen LogP contribution is -2.58. The van der Waals surface area contributed by atoms with Gasteiger partial charge in [-0.05, 0) is 37.1 Å². The summed E-state index contributed by atoms with van der Waals surface area (Å²) < 4.78 is 19.8. The van der Waals surface area contributed by atoms with E-state index in [1.165, 1.54) is 17.4 Å². The van der Waals surface area contributed by atoms with E-state index in [0.29, 0.717) is 36.6 Å². The molecule has 2 heterocycles. The number of aliphatic hydroxyl groups is 1. The van der Waals surface area contributed by atoms with Crippen LogP contribution in [0, 0.1) is 5.82 Å². The summed E-state index contributed by atoms with van der Waals surface area (Å²) in [6.45, 7) is 2.85. The lowest BCUT2D eigenvalue weighted by Gasteiger charge is -2.42. The number of halogens is 1. The monoisotopic (exact) mass is 455 g/mol. The number of rotatable bonds is 7. The molecule has 1 fully saturated rings. The highest BCUT2D eigenvalue weighted by Gasteiger charge is 2.40. The van der Waals surface area contributed by atoms with Crippen molar-refractivity contribution in [3.8, 4) is 5.75 Å². The van der Waals surface area contributed by atoms with Crippen molar-refractivity contribution in [2.75, 3.05) is 25.0 Å². The fourth-order valence-electron chi connectivity index (χ4n) is 3.87. The highest BCUT2D eigenvalue weighted by atomic mass is 32.1. The van der Waals surface area contributed by atoms with E-state index in [4.69, 9.17) is 4.74 Å². The average molecular weight is 456 g/mol. The first-order chi connectivity index (χ1) is 15.4. The molecular weight excluding hydrogens is 429 g/mol. The average Bonchev–Trinajstić information content (AvgIpc) is 3.19. The van der Waals surface area contributed by atoms with Crippen LogP contribution in [0.1, 0.15) is 23.8 Å². The van der Waals surface area contributed by atoms with Crippen molar-refractivity contribution >= 4 is 22.4 Å². The van der Waals surface area contributed by atoms with Crippen LogP contribution < -0.4 is 10.1 Å². The number of ether oxygens (including phenoxy) is 1. The number of likely N-dealkylation sites (tertiary alicyclic amines) is 1. The molecule has 6 nitrogen and oxygen atoms in total. The number of benzene rings is 2. The van der Waals surface area contributed by atoms with E-state index < -0.39 is 5.60 Å². The minimum absolute atomic E-state index is 0.149. The summed E-state index contributed by atoms with van der Waals surface area (Å²) in [5.74, 6) is 0.270. The second kappa shape index (κ2) is 9.77.